The van der Waals surface area contributed by atoms with Gasteiger partial charge in [-0.3, -0.25) is 0 Å². The molecular formula is C12H12Cl3F3O. The lowest BCUT2D eigenvalue weighted by Crippen LogP contribution is -2.37. The second kappa shape index (κ2) is 7.02. The number of benzene rings is 1. The van der Waals surface area contributed by atoms with Gasteiger partial charge in [0.15, 0.2) is 0 Å². The fourth-order valence-corrected chi connectivity index (χ4v) is 2.65. The van der Waals surface area contributed by atoms with Gasteiger partial charge in [0.05, 0.1) is 6.61 Å². The maximum Gasteiger partial charge on any atom is 0.411 e. The van der Waals surface area contributed by atoms with Gasteiger partial charge in [-0.05, 0) is 11.6 Å². The summed E-state index contributed by atoms with van der Waals surface area (Å²) in [7, 11) is 0. The Morgan fingerprint density at radius 1 is 1.00 bits per heavy atom. The quantitative estimate of drug-likeness (QED) is 0.689. The number of rotatable bonds is 6. The molecule has 0 aromatic heterocycles. The lowest BCUT2D eigenvalue weighted by molar-refractivity contribution is -0.176. The molecule has 1 aromatic carbocycles. The minimum absolute atomic E-state index is 0.0120. The monoisotopic (exact) mass is 334 g/mol. The fourth-order valence-electron chi connectivity index (χ4n) is 1.59. The zero-order valence-electron chi connectivity index (χ0n) is 9.81. The number of hydrogen-bond acceptors (Lipinski definition) is 1. The van der Waals surface area contributed by atoms with Crippen molar-refractivity contribution in [1.82, 2.24) is 0 Å². The zero-order chi connectivity index (χ0) is 14.5. The third-order valence-corrected chi connectivity index (χ3v) is 3.95. The van der Waals surface area contributed by atoms with Crippen molar-refractivity contribution in [2.45, 2.75) is 11.6 Å². The van der Waals surface area contributed by atoms with Crippen LogP contribution in [-0.2, 0) is 10.2 Å². The van der Waals surface area contributed by atoms with Gasteiger partial charge in [0.2, 0.25) is 0 Å². The van der Waals surface area contributed by atoms with Gasteiger partial charge in [-0.2, -0.15) is 13.2 Å². The molecule has 0 bridgehead atoms. The third kappa shape index (κ3) is 4.71. The molecular weight excluding hydrogens is 323 g/mol. The number of alkyl halides is 5. The van der Waals surface area contributed by atoms with E-state index in [2.05, 4.69) is 0 Å². The van der Waals surface area contributed by atoms with Crippen molar-refractivity contribution < 1.29 is 17.9 Å². The predicted octanol–water partition coefficient (Wildman–Crippen LogP) is 4.63. The molecule has 0 atom stereocenters. The highest BCUT2D eigenvalue weighted by Gasteiger charge is 2.35. The minimum atomic E-state index is -4.38. The van der Waals surface area contributed by atoms with E-state index in [4.69, 9.17) is 39.5 Å². The van der Waals surface area contributed by atoms with Crippen molar-refractivity contribution in [2.75, 3.05) is 25.0 Å². The summed E-state index contributed by atoms with van der Waals surface area (Å²) in [5, 5.41) is 0.402. The summed E-state index contributed by atoms with van der Waals surface area (Å²) in [5.41, 5.74) is -0.351. The molecule has 0 saturated heterocycles. The molecule has 0 amide bonds. The number of halogens is 6. The third-order valence-electron chi connectivity index (χ3n) is 2.60. The summed E-state index contributed by atoms with van der Waals surface area (Å²) in [6.45, 7) is -1.59. The van der Waals surface area contributed by atoms with E-state index in [1.807, 2.05) is 0 Å². The van der Waals surface area contributed by atoms with Crippen molar-refractivity contribution in [3.63, 3.8) is 0 Å². The molecule has 0 aliphatic heterocycles. The van der Waals surface area contributed by atoms with Gasteiger partial charge in [-0.1, -0.05) is 29.8 Å². The smallest absolute Gasteiger partial charge is 0.371 e. The van der Waals surface area contributed by atoms with Crippen molar-refractivity contribution in [3.8, 4) is 0 Å². The summed E-state index contributed by atoms with van der Waals surface area (Å²) in [6.07, 6.45) is -4.38. The number of hydrogen-bond donors (Lipinski definition) is 0. The SMILES string of the molecule is FC(F)(F)COCC(CCl)(CCl)c1ccccc1Cl. The molecule has 0 saturated carbocycles. The summed E-state index contributed by atoms with van der Waals surface area (Å²) >= 11 is 17.8. The van der Waals surface area contributed by atoms with E-state index >= 15 is 0 Å². The van der Waals surface area contributed by atoms with E-state index in [0.717, 1.165) is 0 Å². The van der Waals surface area contributed by atoms with Gasteiger partial charge in [-0.25, -0.2) is 0 Å². The van der Waals surface area contributed by atoms with Crippen LogP contribution < -0.4 is 0 Å². The van der Waals surface area contributed by atoms with Crippen LogP contribution in [-0.4, -0.2) is 31.2 Å². The van der Waals surface area contributed by atoms with Gasteiger partial charge < -0.3 is 4.74 Å². The van der Waals surface area contributed by atoms with Crippen molar-refractivity contribution in [3.05, 3.63) is 34.9 Å². The molecule has 19 heavy (non-hydrogen) atoms. The lowest BCUT2D eigenvalue weighted by Gasteiger charge is -2.30. The standard InChI is InChI=1S/C12H12Cl3F3O/c13-5-11(6-14,7-19-8-12(16,17)18)9-3-1-2-4-10(9)15/h1-4H,5-8H2. The van der Waals surface area contributed by atoms with Crippen LogP contribution in [0.1, 0.15) is 5.56 Å². The first kappa shape index (κ1) is 16.9. The van der Waals surface area contributed by atoms with Crippen molar-refractivity contribution >= 4 is 34.8 Å². The second-order valence-electron chi connectivity index (χ2n) is 4.14. The van der Waals surface area contributed by atoms with Gasteiger partial charge >= 0.3 is 6.18 Å². The van der Waals surface area contributed by atoms with E-state index in [0.29, 0.717) is 10.6 Å². The molecule has 7 heteroatoms. The average molecular weight is 336 g/mol. The summed E-state index contributed by atoms with van der Waals surface area (Å²) in [4.78, 5) is 0. The Bertz CT molecular complexity index is 405. The highest BCUT2D eigenvalue weighted by molar-refractivity contribution is 6.32. The second-order valence-corrected chi connectivity index (χ2v) is 5.08. The first-order valence-electron chi connectivity index (χ1n) is 5.36. The molecule has 0 aliphatic rings. The minimum Gasteiger partial charge on any atom is -0.371 e. The highest BCUT2D eigenvalue weighted by Crippen LogP contribution is 2.33. The van der Waals surface area contributed by atoms with Crippen molar-refractivity contribution in [1.29, 1.82) is 0 Å². The largest absolute Gasteiger partial charge is 0.411 e. The molecule has 0 radical (unpaired) electrons. The topological polar surface area (TPSA) is 9.23 Å². The van der Waals surface area contributed by atoms with Crippen LogP contribution in [0, 0.1) is 0 Å². The molecule has 1 nitrogen and oxygen atoms in total. The van der Waals surface area contributed by atoms with Crippen LogP contribution in [0.25, 0.3) is 0 Å². The first-order valence-corrected chi connectivity index (χ1v) is 6.81. The molecule has 1 rings (SSSR count). The lowest BCUT2D eigenvalue weighted by atomic mass is 9.85. The Morgan fingerprint density at radius 3 is 2.05 bits per heavy atom. The van der Waals surface area contributed by atoms with Crippen molar-refractivity contribution in [2.24, 2.45) is 0 Å². The number of ether oxygens (including phenoxy) is 1. The normalized spacial score (nSPS) is 12.7. The summed E-state index contributed by atoms with van der Waals surface area (Å²) in [6, 6.07) is 6.76. The molecule has 0 heterocycles. The highest BCUT2D eigenvalue weighted by atomic mass is 35.5. The van der Waals surface area contributed by atoms with Crippen LogP contribution in [0.15, 0.2) is 24.3 Å². The molecule has 0 aliphatic carbocycles. The van der Waals surface area contributed by atoms with Crippen LogP contribution in [0.2, 0.25) is 5.02 Å². The van der Waals surface area contributed by atoms with E-state index in [-0.39, 0.29) is 18.4 Å². The summed E-state index contributed by atoms with van der Waals surface area (Å²) in [5.74, 6) is 0.0240. The maximum absolute atomic E-state index is 12.1. The predicted molar refractivity (Wildman–Crippen MR) is 71.4 cm³/mol. The van der Waals surface area contributed by atoms with Gasteiger partial charge in [0.1, 0.15) is 6.61 Å². The Kier molecular flexibility index (Phi) is 6.24. The molecule has 0 N–H and O–H groups in total. The Morgan fingerprint density at radius 2 is 1.58 bits per heavy atom. The Balaban J connectivity index is 2.89. The van der Waals surface area contributed by atoms with E-state index in [1.165, 1.54) is 0 Å². The molecule has 1 aromatic rings. The Hall–Kier alpha value is -0.160. The zero-order valence-corrected chi connectivity index (χ0v) is 12.1. The van der Waals surface area contributed by atoms with Crippen LogP contribution in [0.3, 0.4) is 0 Å². The summed E-state index contributed by atoms with van der Waals surface area (Å²) < 4.78 is 41.0. The van der Waals surface area contributed by atoms with Gasteiger partial charge in [0, 0.05) is 22.2 Å². The van der Waals surface area contributed by atoms with E-state index in [1.54, 1.807) is 24.3 Å². The van der Waals surface area contributed by atoms with E-state index in [9.17, 15) is 13.2 Å². The Labute approximate surface area is 124 Å². The fraction of sp³-hybridized carbons (Fsp3) is 0.500. The molecule has 0 unspecified atom stereocenters. The van der Waals surface area contributed by atoms with Crippen LogP contribution in [0.4, 0.5) is 13.2 Å². The van der Waals surface area contributed by atoms with Gasteiger partial charge in [-0.15, -0.1) is 23.2 Å². The molecule has 108 valence electrons. The van der Waals surface area contributed by atoms with Crippen LogP contribution in [0.5, 0.6) is 0 Å². The molecule has 0 fully saturated rings. The molecule has 0 spiro atoms. The first-order chi connectivity index (χ1) is 8.84. The average Bonchev–Trinajstić information content (AvgIpc) is 2.35. The van der Waals surface area contributed by atoms with Gasteiger partial charge in [0.25, 0.3) is 0 Å². The van der Waals surface area contributed by atoms with E-state index < -0.39 is 18.2 Å². The van der Waals surface area contributed by atoms with Crippen LogP contribution >= 0.6 is 34.8 Å². The maximum atomic E-state index is 12.1.